The molecule has 0 saturated carbocycles. The van der Waals surface area contributed by atoms with E-state index in [1.54, 1.807) is 32.9 Å². The van der Waals surface area contributed by atoms with Gasteiger partial charge in [-0.1, -0.05) is 0 Å². The van der Waals surface area contributed by atoms with Crippen LogP contribution in [0.4, 0.5) is 23.3 Å². The molecule has 4 rings (SSSR count). The van der Waals surface area contributed by atoms with Crippen LogP contribution in [0.1, 0.15) is 0 Å². The van der Waals surface area contributed by atoms with Crippen molar-refractivity contribution < 1.29 is 9.47 Å². The Balaban J connectivity index is 1.44. The van der Waals surface area contributed by atoms with Gasteiger partial charge in [0.1, 0.15) is 29.5 Å². The van der Waals surface area contributed by atoms with Crippen molar-refractivity contribution in [3.8, 4) is 11.5 Å². The van der Waals surface area contributed by atoms with E-state index in [-0.39, 0.29) is 0 Å². The lowest BCUT2D eigenvalue weighted by molar-refractivity contribution is 0.395. The predicted molar refractivity (Wildman–Crippen MR) is 111 cm³/mol. The maximum absolute atomic E-state index is 5.45. The smallest absolute Gasteiger partial charge is 0.225 e. The minimum absolute atomic E-state index is 0.681. The highest BCUT2D eigenvalue weighted by Gasteiger charge is 2.20. The molecule has 0 aliphatic carbocycles. The van der Waals surface area contributed by atoms with Gasteiger partial charge < -0.3 is 24.6 Å². The van der Waals surface area contributed by atoms with Crippen molar-refractivity contribution in [2.24, 2.45) is 0 Å². The van der Waals surface area contributed by atoms with Crippen LogP contribution < -0.4 is 24.6 Å². The zero-order valence-corrected chi connectivity index (χ0v) is 16.4. The number of methoxy groups -OCH3 is 2. The van der Waals surface area contributed by atoms with Crippen LogP contribution in [0.3, 0.4) is 0 Å². The van der Waals surface area contributed by atoms with Gasteiger partial charge in [0.05, 0.1) is 19.9 Å². The van der Waals surface area contributed by atoms with Crippen LogP contribution in [0.15, 0.2) is 49.1 Å². The highest BCUT2D eigenvalue weighted by atomic mass is 16.5. The minimum atomic E-state index is 0.681. The molecular formula is C20H23N7O2. The molecule has 1 saturated heterocycles. The van der Waals surface area contributed by atoms with E-state index in [2.05, 4.69) is 35.1 Å². The molecule has 1 aliphatic rings. The maximum Gasteiger partial charge on any atom is 0.225 e. The number of ether oxygens (including phenoxy) is 2. The average Bonchev–Trinajstić information content (AvgIpc) is 2.80. The van der Waals surface area contributed by atoms with Gasteiger partial charge in [-0.15, -0.1) is 0 Å². The molecular weight excluding hydrogens is 370 g/mol. The second-order valence-electron chi connectivity index (χ2n) is 6.48. The van der Waals surface area contributed by atoms with Crippen molar-refractivity contribution in [1.82, 2.24) is 19.9 Å². The molecule has 29 heavy (non-hydrogen) atoms. The van der Waals surface area contributed by atoms with Gasteiger partial charge in [0.2, 0.25) is 5.95 Å². The summed E-state index contributed by atoms with van der Waals surface area (Å²) in [5.41, 5.74) is 0.809. The minimum Gasteiger partial charge on any atom is -0.497 e. The van der Waals surface area contributed by atoms with Crippen LogP contribution in [0.2, 0.25) is 0 Å². The topological polar surface area (TPSA) is 88.5 Å². The van der Waals surface area contributed by atoms with Crippen molar-refractivity contribution in [1.29, 1.82) is 0 Å². The summed E-state index contributed by atoms with van der Waals surface area (Å²) in [7, 11) is 3.25. The molecule has 1 aromatic carbocycles. The van der Waals surface area contributed by atoms with Crippen LogP contribution in [-0.4, -0.2) is 60.3 Å². The van der Waals surface area contributed by atoms with Crippen molar-refractivity contribution in [2.75, 3.05) is 55.5 Å². The van der Waals surface area contributed by atoms with Crippen LogP contribution in [0.25, 0.3) is 0 Å². The lowest BCUT2D eigenvalue weighted by Gasteiger charge is -2.35. The van der Waals surface area contributed by atoms with Crippen molar-refractivity contribution in [3.05, 3.63) is 49.1 Å². The quantitative estimate of drug-likeness (QED) is 0.678. The second kappa shape index (κ2) is 8.59. The van der Waals surface area contributed by atoms with Crippen LogP contribution in [0.5, 0.6) is 11.5 Å². The molecule has 2 aromatic heterocycles. The van der Waals surface area contributed by atoms with Gasteiger partial charge in [-0.2, -0.15) is 0 Å². The number of anilines is 4. The first kappa shape index (κ1) is 18.7. The molecule has 150 valence electrons. The third kappa shape index (κ3) is 4.29. The first-order valence-electron chi connectivity index (χ1n) is 9.35. The van der Waals surface area contributed by atoms with Gasteiger partial charge in [-0.05, 0) is 18.2 Å². The summed E-state index contributed by atoms with van der Waals surface area (Å²) in [5, 5.41) is 3.30. The van der Waals surface area contributed by atoms with E-state index in [4.69, 9.17) is 9.47 Å². The summed E-state index contributed by atoms with van der Waals surface area (Å²) in [6.45, 7) is 3.34. The van der Waals surface area contributed by atoms with E-state index < -0.39 is 0 Å². The number of hydrogen-bond acceptors (Lipinski definition) is 9. The van der Waals surface area contributed by atoms with Gasteiger partial charge in [0.15, 0.2) is 0 Å². The molecule has 1 fully saturated rings. The zero-order chi connectivity index (χ0) is 20.1. The highest BCUT2D eigenvalue weighted by Crippen LogP contribution is 2.31. The number of rotatable bonds is 6. The summed E-state index contributed by atoms with van der Waals surface area (Å²) in [5.74, 6) is 3.76. The molecule has 9 nitrogen and oxygen atoms in total. The van der Waals surface area contributed by atoms with Gasteiger partial charge >= 0.3 is 0 Å². The fourth-order valence-electron chi connectivity index (χ4n) is 3.22. The molecule has 3 aromatic rings. The Bertz CT molecular complexity index is 947. The van der Waals surface area contributed by atoms with E-state index in [0.29, 0.717) is 11.6 Å². The Morgan fingerprint density at radius 3 is 2.34 bits per heavy atom. The summed E-state index contributed by atoms with van der Waals surface area (Å²) in [4.78, 5) is 21.9. The Morgan fingerprint density at radius 2 is 1.62 bits per heavy atom. The number of piperazine rings is 1. The number of nitrogens with zero attached hydrogens (tertiary/aromatic N) is 6. The number of hydrogen-bond donors (Lipinski definition) is 1. The number of nitrogens with one attached hydrogen (secondary N) is 1. The van der Waals surface area contributed by atoms with Crippen LogP contribution in [-0.2, 0) is 0 Å². The molecule has 0 unspecified atom stereocenters. The first-order chi connectivity index (χ1) is 14.3. The van der Waals surface area contributed by atoms with Crippen LogP contribution in [0, 0.1) is 0 Å². The zero-order valence-electron chi connectivity index (χ0n) is 16.4. The Kier molecular flexibility index (Phi) is 5.55. The Morgan fingerprint density at radius 1 is 0.862 bits per heavy atom. The molecule has 0 atom stereocenters. The van der Waals surface area contributed by atoms with E-state index in [1.807, 2.05) is 30.3 Å². The standard InChI is InChI=1S/C20H23N7O2/c1-28-15-4-5-16(17(12-15)29-2)25-18-13-19(24-14-23-18)26-8-10-27(11-9-26)20-21-6-3-7-22-20/h3-7,12-14H,8-11H2,1-2H3,(H,23,24,25). The van der Waals surface area contributed by atoms with Gasteiger partial charge in [-0.3, -0.25) is 0 Å². The van der Waals surface area contributed by atoms with Gasteiger partial charge in [-0.25, -0.2) is 19.9 Å². The normalized spacial score (nSPS) is 13.9. The highest BCUT2D eigenvalue weighted by molar-refractivity contribution is 5.67. The molecule has 0 spiro atoms. The molecule has 3 heterocycles. The fourth-order valence-corrected chi connectivity index (χ4v) is 3.22. The van der Waals surface area contributed by atoms with Crippen molar-refractivity contribution in [2.45, 2.75) is 0 Å². The van der Waals surface area contributed by atoms with E-state index in [1.165, 1.54) is 0 Å². The largest absolute Gasteiger partial charge is 0.497 e. The third-order valence-electron chi connectivity index (χ3n) is 4.76. The molecule has 0 bridgehead atoms. The third-order valence-corrected chi connectivity index (χ3v) is 4.76. The fraction of sp³-hybridized carbons (Fsp3) is 0.300. The lowest BCUT2D eigenvalue weighted by atomic mass is 10.2. The summed E-state index contributed by atoms with van der Waals surface area (Å²) in [6, 6.07) is 9.37. The maximum atomic E-state index is 5.45. The number of benzene rings is 1. The molecule has 0 amide bonds. The Hall–Kier alpha value is -3.62. The molecule has 9 heteroatoms. The van der Waals surface area contributed by atoms with Gasteiger partial charge in [0, 0.05) is 50.7 Å². The first-order valence-corrected chi connectivity index (χ1v) is 9.35. The molecule has 1 aliphatic heterocycles. The number of aromatic nitrogens is 4. The second-order valence-corrected chi connectivity index (χ2v) is 6.48. The van der Waals surface area contributed by atoms with Crippen molar-refractivity contribution in [3.63, 3.8) is 0 Å². The summed E-state index contributed by atoms with van der Waals surface area (Å²) >= 11 is 0. The molecule has 1 N–H and O–H groups in total. The van der Waals surface area contributed by atoms with E-state index in [9.17, 15) is 0 Å². The SMILES string of the molecule is COc1ccc(Nc2cc(N3CCN(c4ncccn4)CC3)ncn2)c(OC)c1. The van der Waals surface area contributed by atoms with Gasteiger partial charge in [0.25, 0.3) is 0 Å². The van der Waals surface area contributed by atoms with E-state index in [0.717, 1.165) is 49.4 Å². The van der Waals surface area contributed by atoms with E-state index >= 15 is 0 Å². The lowest BCUT2D eigenvalue weighted by Crippen LogP contribution is -2.47. The summed E-state index contributed by atoms with van der Waals surface area (Å²) < 4.78 is 10.7. The van der Waals surface area contributed by atoms with Crippen LogP contribution >= 0.6 is 0 Å². The monoisotopic (exact) mass is 393 g/mol. The Labute approximate surface area is 169 Å². The molecule has 0 radical (unpaired) electrons. The summed E-state index contributed by atoms with van der Waals surface area (Å²) in [6.07, 6.45) is 5.11. The predicted octanol–water partition coefficient (Wildman–Crippen LogP) is 2.35. The average molecular weight is 393 g/mol. The van der Waals surface area contributed by atoms with Crippen molar-refractivity contribution >= 4 is 23.3 Å².